The first-order valence-electron chi connectivity index (χ1n) is 12.7. The second-order valence-corrected chi connectivity index (χ2v) is 11.5. The zero-order valence-corrected chi connectivity index (χ0v) is 23.0. The summed E-state index contributed by atoms with van der Waals surface area (Å²) in [6.07, 6.45) is -0.508. The largest absolute Gasteiger partial charge is 0.444 e. The fourth-order valence-electron chi connectivity index (χ4n) is 4.06. The summed E-state index contributed by atoms with van der Waals surface area (Å²) in [6, 6.07) is 18.0. The van der Waals surface area contributed by atoms with Gasteiger partial charge in [-0.3, -0.25) is 4.90 Å². The molecule has 198 valence electrons. The molecule has 0 spiro atoms. The number of likely N-dealkylation sites (N-methyl/N-ethyl adjacent to an activating group) is 1. The first kappa shape index (κ1) is 27.2. The highest BCUT2D eigenvalue weighted by Gasteiger charge is 2.25. The smallest absolute Gasteiger partial charge is 0.408 e. The molecule has 37 heavy (non-hydrogen) atoms. The molecule has 1 atom stereocenters. The maximum Gasteiger partial charge on any atom is 0.408 e. The number of hydrogen-bond acceptors (Lipinski definition) is 8. The summed E-state index contributed by atoms with van der Waals surface area (Å²) in [5.41, 5.74) is 2.73. The Hall–Kier alpha value is -2.88. The van der Waals surface area contributed by atoms with E-state index in [4.69, 9.17) is 9.26 Å². The molecule has 1 unspecified atom stereocenters. The molecule has 0 bridgehead atoms. The molecule has 9 heteroatoms. The van der Waals surface area contributed by atoms with Crippen molar-refractivity contribution in [1.29, 1.82) is 0 Å². The van der Waals surface area contributed by atoms with Crippen molar-refractivity contribution in [2.24, 2.45) is 0 Å². The van der Waals surface area contributed by atoms with Crippen molar-refractivity contribution in [3.63, 3.8) is 0 Å². The number of piperazine rings is 1. The Balaban J connectivity index is 1.45. The van der Waals surface area contributed by atoms with Crippen LogP contribution in [0.25, 0.3) is 11.4 Å². The molecule has 3 aromatic rings. The van der Waals surface area contributed by atoms with E-state index < -0.39 is 17.7 Å². The highest BCUT2D eigenvalue weighted by Crippen LogP contribution is 2.25. The quantitative estimate of drug-likeness (QED) is 0.420. The monoisotopic (exact) mass is 523 g/mol. The van der Waals surface area contributed by atoms with E-state index in [2.05, 4.69) is 56.6 Å². The van der Waals surface area contributed by atoms with E-state index in [1.807, 2.05) is 51.1 Å². The Labute approximate surface area is 223 Å². The lowest BCUT2D eigenvalue weighted by atomic mass is 10.1. The molecule has 1 aliphatic rings. The number of hydrogen-bond donors (Lipinski definition) is 1. The van der Waals surface area contributed by atoms with Gasteiger partial charge in [-0.05, 0) is 45.0 Å². The third-order valence-electron chi connectivity index (χ3n) is 6.01. The molecule has 1 N–H and O–H groups in total. The Kier molecular flexibility index (Phi) is 9.23. The molecule has 0 aliphatic carbocycles. The maximum atomic E-state index is 12.6. The van der Waals surface area contributed by atoms with Crippen LogP contribution in [0.4, 0.5) is 4.79 Å². The van der Waals surface area contributed by atoms with Crippen LogP contribution in [0.5, 0.6) is 0 Å². The minimum absolute atomic E-state index is 0.367. The van der Waals surface area contributed by atoms with Crippen molar-refractivity contribution >= 4 is 17.9 Å². The summed E-state index contributed by atoms with van der Waals surface area (Å²) in [4.78, 5) is 22.1. The van der Waals surface area contributed by atoms with E-state index in [1.54, 1.807) is 11.8 Å². The van der Waals surface area contributed by atoms with Gasteiger partial charge in [-0.25, -0.2) is 4.79 Å². The van der Waals surface area contributed by atoms with E-state index in [1.165, 1.54) is 11.1 Å². The van der Waals surface area contributed by atoms with Crippen LogP contribution in [0, 0.1) is 0 Å². The molecule has 8 nitrogen and oxygen atoms in total. The third kappa shape index (κ3) is 8.59. The van der Waals surface area contributed by atoms with E-state index in [9.17, 15) is 4.79 Å². The number of nitrogens with one attached hydrogen (secondary N) is 1. The number of nitrogens with zero attached hydrogens (tertiary/aromatic N) is 4. The van der Waals surface area contributed by atoms with Crippen LogP contribution in [0.2, 0.25) is 0 Å². The first-order valence-corrected chi connectivity index (χ1v) is 13.9. The molecule has 2 heterocycles. The van der Waals surface area contributed by atoms with Gasteiger partial charge in [-0.2, -0.15) is 16.7 Å². The van der Waals surface area contributed by atoms with Gasteiger partial charge in [0.15, 0.2) is 0 Å². The van der Waals surface area contributed by atoms with Crippen LogP contribution in [0.15, 0.2) is 59.1 Å². The minimum Gasteiger partial charge on any atom is -0.444 e. The van der Waals surface area contributed by atoms with Crippen molar-refractivity contribution in [1.82, 2.24) is 25.3 Å². The number of carbonyl (C=O) groups excluding carboxylic acids is 1. The van der Waals surface area contributed by atoms with Crippen molar-refractivity contribution in [2.45, 2.75) is 44.7 Å². The predicted molar refractivity (Wildman–Crippen MR) is 147 cm³/mol. The number of carbonyl (C=O) groups is 1. The van der Waals surface area contributed by atoms with Crippen LogP contribution in [0.3, 0.4) is 0 Å². The highest BCUT2D eigenvalue weighted by atomic mass is 32.2. The van der Waals surface area contributed by atoms with Crippen LogP contribution in [0.1, 0.15) is 43.8 Å². The number of thioether (sulfide) groups is 1. The lowest BCUT2D eigenvalue weighted by Gasteiger charge is -2.32. The maximum absolute atomic E-state index is 12.6. The number of ether oxygens (including phenoxy) is 1. The fraction of sp³-hybridized carbons (Fsp3) is 0.464. The molecule has 1 amide bonds. The van der Waals surface area contributed by atoms with Crippen molar-refractivity contribution in [3.8, 4) is 11.4 Å². The number of aromatic nitrogens is 2. The van der Waals surface area contributed by atoms with Crippen molar-refractivity contribution in [3.05, 3.63) is 71.6 Å². The predicted octanol–water partition coefficient (Wildman–Crippen LogP) is 4.98. The molecular weight excluding hydrogens is 486 g/mol. The fourth-order valence-corrected chi connectivity index (χ4v) is 5.07. The van der Waals surface area contributed by atoms with Crippen LogP contribution in [-0.2, 0) is 17.0 Å². The normalized spacial score (nSPS) is 15.9. The average Bonchev–Trinajstić information content (AvgIpc) is 3.35. The molecule has 2 aromatic carbocycles. The molecule has 1 aromatic heterocycles. The Morgan fingerprint density at radius 3 is 2.54 bits per heavy atom. The van der Waals surface area contributed by atoms with Gasteiger partial charge in [0, 0.05) is 49.8 Å². The molecular formula is C28H37N5O3S. The number of rotatable bonds is 9. The molecule has 1 fully saturated rings. The van der Waals surface area contributed by atoms with Crippen LogP contribution < -0.4 is 5.32 Å². The third-order valence-corrected chi connectivity index (χ3v) is 7.12. The SMILES string of the molecule is CN1CCN(Cc2cccc(-c3noc(C(CSCc4ccccc4)NC(=O)OC(C)(C)C)n3)c2)CC1. The zero-order chi connectivity index (χ0) is 26.3. The Morgan fingerprint density at radius 1 is 1.08 bits per heavy atom. The van der Waals surface area contributed by atoms with Crippen LogP contribution in [-0.4, -0.2) is 70.6 Å². The number of alkyl carbamates (subject to hydrolysis) is 1. The first-order chi connectivity index (χ1) is 17.7. The minimum atomic E-state index is -0.601. The van der Waals surface area contributed by atoms with E-state index >= 15 is 0 Å². The molecule has 1 saturated heterocycles. The van der Waals surface area contributed by atoms with E-state index in [-0.39, 0.29) is 0 Å². The van der Waals surface area contributed by atoms with Crippen molar-refractivity contribution in [2.75, 3.05) is 39.0 Å². The van der Waals surface area contributed by atoms with Crippen LogP contribution >= 0.6 is 11.8 Å². The summed E-state index contributed by atoms with van der Waals surface area (Å²) in [6.45, 7) is 10.7. The van der Waals surface area contributed by atoms with Gasteiger partial charge in [0.25, 0.3) is 5.89 Å². The lowest BCUT2D eigenvalue weighted by Crippen LogP contribution is -2.43. The highest BCUT2D eigenvalue weighted by molar-refractivity contribution is 7.98. The average molecular weight is 524 g/mol. The Bertz CT molecular complexity index is 1140. The second kappa shape index (κ2) is 12.6. The summed E-state index contributed by atoms with van der Waals surface area (Å²) in [7, 11) is 2.16. The number of amides is 1. The molecule has 1 aliphatic heterocycles. The summed E-state index contributed by atoms with van der Waals surface area (Å²) < 4.78 is 11.1. The van der Waals surface area contributed by atoms with Gasteiger partial charge in [0.1, 0.15) is 11.6 Å². The van der Waals surface area contributed by atoms with E-state index in [0.717, 1.165) is 44.0 Å². The van der Waals surface area contributed by atoms with Gasteiger partial charge < -0.3 is 19.5 Å². The van der Waals surface area contributed by atoms with Gasteiger partial charge in [-0.1, -0.05) is 53.7 Å². The van der Waals surface area contributed by atoms with Gasteiger partial charge in [0.05, 0.1) is 0 Å². The summed E-state index contributed by atoms with van der Waals surface area (Å²) in [5.74, 6) is 2.26. The van der Waals surface area contributed by atoms with Crippen molar-refractivity contribution < 1.29 is 14.1 Å². The standard InChI is InChI=1S/C28H37N5O3S/c1-28(2,3)35-27(34)29-24(20-37-19-21-9-6-5-7-10-21)26-30-25(31-36-26)23-12-8-11-22(17-23)18-33-15-13-32(4)14-16-33/h5-12,17,24H,13-16,18-20H2,1-4H3,(H,29,34). The lowest BCUT2D eigenvalue weighted by molar-refractivity contribution is 0.0500. The number of benzene rings is 2. The Morgan fingerprint density at radius 2 is 1.81 bits per heavy atom. The topological polar surface area (TPSA) is 83.7 Å². The van der Waals surface area contributed by atoms with E-state index in [0.29, 0.717) is 17.5 Å². The molecule has 4 rings (SSSR count). The molecule has 0 saturated carbocycles. The van der Waals surface area contributed by atoms with Gasteiger partial charge in [0.2, 0.25) is 5.82 Å². The molecule has 0 radical (unpaired) electrons. The summed E-state index contributed by atoms with van der Waals surface area (Å²) in [5, 5.41) is 7.17. The zero-order valence-electron chi connectivity index (χ0n) is 22.1. The second-order valence-electron chi connectivity index (χ2n) is 10.4. The summed E-state index contributed by atoms with van der Waals surface area (Å²) >= 11 is 1.69. The van der Waals surface area contributed by atoms with Gasteiger partial charge >= 0.3 is 6.09 Å². The van der Waals surface area contributed by atoms with Gasteiger partial charge in [-0.15, -0.1) is 0 Å².